The molecule has 0 heterocycles. The highest BCUT2D eigenvalue weighted by Crippen LogP contribution is 2.31. The van der Waals surface area contributed by atoms with Gasteiger partial charge in [-0.25, -0.2) is 8.78 Å². The van der Waals surface area contributed by atoms with Crippen molar-refractivity contribution in [1.29, 1.82) is 0 Å². The molecule has 0 aromatic heterocycles. The highest BCUT2D eigenvalue weighted by atomic mass is 35.5. The molecular weight excluding hydrogens is 330 g/mol. The van der Waals surface area contributed by atoms with Crippen LogP contribution in [0.2, 0.25) is 5.02 Å². The van der Waals surface area contributed by atoms with Crippen LogP contribution in [0.15, 0.2) is 48.0 Å². The van der Waals surface area contributed by atoms with Gasteiger partial charge in [-0.2, -0.15) is 0 Å². The average molecular weight is 353 g/mol. The molecule has 0 saturated carbocycles. The third-order valence-electron chi connectivity index (χ3n) is 2.74. The lowest BCUT2D eigenvalue weighted by atomic mass is 10.1. The van der Waals surface area contributed by atoms with Crippen molar-refractivity contribution in [3.63, 3.8) is 0 Å². The molecule has 5 heteroatoms. The number of hydrogen-bond acceptors (Lipinski definition) is 2. The van der Waals surface area contributed by atoms with Crippen molar-refractivity contribution in [1.82, 2.24) is 0 Å². The van der Waals surface area contributed by atoms with Gasteiger partial charge in [-0.1, -0.05) is 38.1 Å². The van der Waals surface area contributed by atoms with Crippen LogP contribution in [0.5, 0.6) is 0 Å². The number of allylic oxidation sites excluding steroid dienone is 1. The zero-order valence-electron chi connectivity index (χ0n) is 14.5. The molecule has 0 radical (unpaired) electrons. The lowest BCUT2D eigenvalue weighted by Crippen LogP contribution is -1.89. The fourth-order valence-corrected chi connectivity index (χ4v) is 2.10. The minimum atomic E-state index is -0.565. The minimum Gasteiger partial charge on any atom is -0.388 e. The summed E-state index contributed by atoms with van der Waals surface area (Å²) < 4.78 is 24.7. The highest BCUT2D eigenvalue weighted by Gasteiger charge is 2.05. The number of benzene rings is 2. The lowest BCUT2D eigenvalue weighted by molar-refractivity contribution is 0.584. The van der Waals surface area contributed by atoms with E-state index in [9.17, 15) is 8.78 Å². The van der Waals surface area contributed by atoms with Crippen LogP contribution >= 0.6 is 11.6 Å². The Kier molecular flexibility index (Phi) is 10.3. The van der Waals surface area contributed by atoms with E-state index < -0.39 is 11.6 Å². The normalized spacial score (nSPS) is 8.96. The van der Waals surface area contributed by atoms with Gasteiger partial charge in [0.05, 0.1) is 10.7 Å². The third-order valence-corrected chi connectivity index (χ3v) is 3.05. The van der Waals surface area contributed by atoms with Crippen LogP contribution < -0.4 is 5.32 Å². The van der Waals surface area contributed by atoms with Gasteiger partial charge in [0.15, 0.2) is 0 Å². The molecule has 1 N–H and O–H groups in total. The Balaban J connectivity index is 0.000000405. The standard InChI is InChI=1S/C10H10ClN.C7H7F2N.C2H6/c1-7(2)10-8(11)5-4-6-9(10)12-3;1-10-7-3-5(8)2-6(9)4-7;1-2/h4-6H,1,3H2,2H3;2-4,10H,1H3;1-2H3. The maximum absolute atomic E-state index is 12.3. The van der Waals surface area contributed by atoms with Gasteiger partial charge < -0.3 is 5.32 Å². The number of nitrogens with one attached hydrogen (secondary N) is 1. The van der Waals surface area contributed by atoms with Crippen LogP contribution in [0.1, 0.15) is 26.3 Å². The summed E-state index contributed by atoms with van der Waals surface area (Å²) in [6.45, 7) is 13.2. The monoisotopic (exact) mass is 352 g/mol. The second-order valence-electron chi connectivity index (χ2n) is 4.48. The fraction of sp³-hybridized carbons (Fsp3) is 0.211. The molecule has 2 aromatic rings. The van der Waals surface area contributed by atoms with Gasteiger partial charge in [-0.05, 0) is 43.5 Å². The fourth-order valence-electron chi connectivity index (χ4n) is 1.77. The smallest absolute Gasteiger partial charge is 0.128 e. The van der Waals surface area contributed by atoms with Crippen molar-refractivity contribution in [2.45, 2.75) is 20.8 Å². The van der Waals surface area contributed by atoms with Crippen LogP contribution in [-0.4, -0.2) is 13.8 Å². The van der Waals surface area contributed by atoms with E-state index >= 15 is 0 Å². The number of hydrogen-bond donors (Lipinski definition) is 1. The average Bonchev–Trinajstić information content (AvgIpc) is 2.55. The molecule has 0 fully saturated rings. The van der Waals surface area contributed by atoms with E-state index in [0.29, 0.717) is 10.7 Å². The van der Waals surface area contributed by atoms with Crippen LogP contribution in [0.3, 0.4) is 0 Å². The number of halogens is 3. The summed E-state index contributed by atoms with van der Waals surface area (Å²) in [4.78, 5) is 3.86. The molecule has 130 valence electrons. The number of aliphatic imine (C=N–C) groups is 1. The predicted molar refractivity (Wildman–Crippen MR) is 103 cm³/mol. The van der Waals surface area contributed by atoms with Crippen molar-refractivity contribution in [3.05, 3.63) is 65.2 Å². The molecule has 2 nitrogen and oxygen atoms in total. The summed E-state index contributed by atoms with van der Waals surface area (Å²) in [5.41, 5.74) is 3.02. The van der Waals surface area contributed by atoms with Gasteiger partial charge in [-0.3, -0.25) is 4.99 Å². The first kappa shape index (κ1) is 21.8. The summed E-state index contributed by atoms with van der Waals surface area (Å²) in [7, 11) is 1.61. The van der Waals surface area contributed by atoms with E-state index in [2.05, 4.69) is 23.6 Å². The Morgan fingerprint density at radius 3 is 2.04 bits per heavy atom. The van der Waals surface area contributed by atoms with Gasteiger partial charge in [0, 0.05) is 24.4 Å². The van der Waals surface area contributed by atoms with Gasteiger partial charge in [0.25, 0.3) is 0 Å². The molecule has 0 bridgehead atoms. The highest BCUT2D eigenvalue weighted by molar-refractivity contribution is 6.32. The summed E-state index contributed by atoms with van der Waals surface area (Å²) in [6.07, 6.45) is 0. The summed E-state index contributed by atoms with van der Waals surface area (Å²) >= 11 is 5.95. The molecule has 24 heavy (non-hydrogen) atoms. The molecule has 0 amide bonds. The number of rotatable bonds is 3. The van der Waals surface area contributed by atoms with E-state index in [1.807, 2.05) is 39.0 Å². The Morgan fingerprint density at radius 2 is 1.67 bits per heavy atom. The summed E-state index contributed by atoms with van der Waals surface area (Å²) in [5.74, 6) is -1.13. The van der Waals surface area contributed by atoms with E-state index in [1.54, 1.807) is 7.05 Å². The first-order chi connectivity index (χ1) is 11.4. The zero-order chi connectivity index (χ0) is 18.7. The Morgan fingerprint density at radius 1 is 1.12 bits per heavy atom. The lowest BCUT2D eigenvalue weighted by Gasteiger charge is -2.05. The van der Waals surface area contributed by atoms with E-state index in [1.165, 1.54) is 12.1 Å². The third kappa shape index (κ3) is 6.92. The topological polar surface area (TPSA) is 24.4 Å². The number of anilines is 1. The van der Waals surface area contributed by atoms with Crippen molar-refractivity contribution in [2.24, 2.45) is 4.99 Å². The van der Waals surface area contributed by atoms with Crippen molar-refractivity contribution in [3.8, 4) is 0 Å². The van der Waals surface area contributed by atoms with Gasteiger partial charge >= 0.3 is 0 Å². The Hall–Kier alpha value is -2.20. The van der Waals surface area contributed by atoms with Crippen LogP contribution in [0.25, 0.3) is 5.57 Å². The molecule has 0 atom stereocenters. The minimum absolute atomic E-state index is 0.442. The maximum atomic E-state index is 12.3. The van der Waals surface area contributed by atoms with Crippen molar-refractivity contribution in [2.75, 3.05) is 12.4 Å². The predicted octanol–water partition coefficient (Wildman–Crippen LogP) is 6.74. The van der Waals surface area contributed by atoms with E-state index in [0.717, 1.165) is 22.9 Å². The first-order valence-electron chi connectivity index (χ1n) is 7.44. The maximum Gasteiger partial charge on any atom is 0.128 e. The van der Waals surface area contributed by atoms with E-state index in [-0.39, 0.29) is 0 Å². The van der Waals surface area contributed by atoms with Gasteiger partial charge in [0.2, 0.25) is 0 Å². The molecule has 0 aliphatic carbocycles. The first-order valence-corrected chi connectivity index (χ1v) is 7.81. The molecule has 0 spiro atoms. The molecule has 0 saturated heterocycles. The zero-order valence-corrected chi connectivity index (χ0v) is 15.2. The molecular formula is C19H23ClF2N2. The largest absolute Gasteiger partial charge is 0.388 e. The second-order valence-corrected chi connectivity index (χ2v) is 4.89. The second kappa shape index (κ2) is 11.4. The van der Waals surface area contributed by atoms with Crippen LogP contribution in [-0.2, 0) is 0 Å². The van der Waals surface area contributed by atoms with Crippen molar-refractivity contribution >= 4 is 35.3 Å². The quantitative estimate of drug-likeness (QED) is 0.608. The van der Waals surface area contributed by atoms with Crippen molar-refractivity contribution < 1.29 is 8.78 Å². The Labute approximate surface area is 147 Å². The molecule has 2 aromatic carbocycles. The molecule has 0 aliphatic heterocycles. The van der Waals surface area contributed by atoms with E-state index in [4.69, 9.17) is 11.6 Å². The van der Waals surface area contributed by atoms with Crippen LogP contribution in [0.4, 0.5) is 20.2 Å². The summed E-state index contributed by atoms with van der Waals surface area (Å²) in [6, 6.07) is 8.81. The van der Waals surface area contributed by atoms with Gasteiger partial charge in [-0.15, -0.1) is 0 Å². The number of nitrogens with zero attached hydrogens (tertiary/aromatic N) is 1. The van der Waals surface area contributed by atoms with Crippen LogP contribution in [0, 0.1) is 11.6 Å². The SMILES string of the molecule is C=Nc1cccc(Cl)c1C(=C)C.CC.CNc1cc(F)cc(F)c1. The Bertz CT molecular complexity index is 665. The van der Waals surface area contributed by atoms with Gasteiger partial charge in [0.1, 0.15) is 11.6 Å². The summed E-state index contributed by atoms with van der Waals surface area (Å²) in [5, 5.41) is 3.30. The molecule has 0 unspecified atom stereocenters. The molecule has 2 rings (SSSR count). The molecule has 0 aliphatic rings.